The molecule has 2 aromatic rings. The number of carbonyl (C=O) groups is 1. The summed E-state index contributed by atoms with van der Waals surface area (Å²) in [5.41, 5.74) is 0. The number of ether oxygens (including phenoxy) is 3. The first-order valence-electron chi connectivity index (χ1n) is 5.37. The molecule has 0 aliphatic heterocycles. The molecule has 0 radical (unpaired) electrons. The zero-order chi connectivity index (χ0) is 12.8. The maximum Gasteiger partial charge on any atom is 0.519 e. The Balaban J connectivity index is 1.94. The van der Waals surface area contributed by atoms with Gasteiger partial charge in [0.2, 0.25) is 0 Å². The van der Waals surface area contributed by atoms with E-state index in [0.717, 1.165) is 0 Å². The van der Waals surface area contributed by atoms with Gasteiger partial charge < -0.3 is 14.2 Å². The molecule has 0 spiro atoms. The highest BCUT2D eigenvalue weighted by Crippen LogP contribution is 2.18. The average molecular weight is 244 g/mol. The number of hydrogen-bond acceptors (Lipinski definition) is 4. The Bertz CT molecular complexity index is 505. The fourth-order valence-electron chi connectivity index (χ4n) is 1.35. The Kier molecular flexibility index (Phi) is 3.81. The van der Waals surface area contributed by atoms with Crippen molar-refractivity contribution in [2.75, 3.05) is 7.11 Å². The molecular weight excluding hydrogens is 232 g/mol. The Morgan fingerprint density at radius 1 is 0.778 bits per heavy atom. The highest BCUT2D eigenvalue weighted by atomic mass is 16.7. The molecule has 4 nitrogen and oxygen atoms in total. The molecule has 0 saturated carbocycles. The van der Waals surface area contributed by atoms with Crippen LogP contribution in [0.25, 0.3) is 0 Å². The fourth-order valence-corrected chi connectivity index (χ4v) is 1.35. The summed E-state index contributed by atoms with van der Waals surface area (Å²) in [6.07, 6.45) is -0.772. The molecule has 2 aromatic carbocycles. The quantitative estimate of drug-likeness (QED) is 0.614. The molecule has 4 heteroatoms. The highest BCUT2D eigenvalue weighted by molar-refractivity contribution is 5.67. The summed E-state index contributed by atoms with van der Waals surface area (Å²) in [5, 5.41) is 0. The Morgan fingerprint density at radius 3 is 1.83 bits per heavy atom. The minimum absolute atomic E-state index is 0.400. The second-order valence-corrected chi connectivity index (χ2v) is 3.44. The summed E-state index contributed by atoms with van der Waals surface area (Å²) >= 11 is 0. The lowest BCUT2D eigenvalue weighted by Gasteiger charge is -2.05. The van der Waals surface area contributed by atoms with Gasteiger partial charge in [-0.05, 0) is 36.4 Å². The summed E-state index contributed by atoms with van der Waals surface area (Å²) in [5.74, 6) is 1.53. The molecule has 0 fully saturated rings. The lowest BCUT2D eigenvalue weighted by Crippen LogP contribution is -2.13. The van der Waals surface area contributed by atoms with Gasteiger partial charge in [0, 0.05) is 0 Å². The third-order valence-electron chi connectivity index (χ3n) is 2.21. The third kappa shape index (κ3) is 3.25. The fraction of sp³-hybridized carbons (Fsp3) is 0.0714. The van der Waals surface area contributed by atoms with Crippen LogP contribution in [0.1, 0.15) is 0 Å². The summed E-state index contributed by atoms with van der Waals surface area (Å²) in [7, 11) is 1.57. The lowest BCUT2D eigenvalue weighted by molar-refractivity contribution is 0.152. The van der Waals surface area contributed by atoms with Crippen LogP contribution in [0.5, 0.6) is 17.2 Å². The van der Waals surface area contributed by atoms with Crippen LogP contribution in [0.2, 0.25) is 0 Å². The molecule has 0 aliphatic carbocycles. The van der Waals surface area contributed by atoms with E-state index in [1.807, 2.05) is 6.07 Å². The zero-order valence-corrected chi connectivity index (χ0v) is 9.83. The molecule has 0 aromatic heterocycles. The maximum atomic E-state index is 11.5. The highest BCUT2D eigenvalue weighted by Gasteiger charge is 2.07. The van der Waals surface area contributed by atoms with Crippen molar-refractivity contribution in [2.24, 2.45) is 0 Å². The van der Waals surface area contributed by atoms with E-state index < -0.39 is 6.16 Å². The van der Waals surface area contributed by atoms with Crippen molar-refractivity contribution in [3.63, 3.8) is 0 Å². The number of hydrogen-bond donors (Lipinski definition) is 0. The van der Waals surface area contributed by atoms with Gasteiger partial charge in [0.05, 0.1) is 7.11 Å². The van der Waals surface area contributed by atoms with Gasteiger partial charge in [0.25, 0.3) is 0 Å². The Labute approximate surface area is 105 Å². The molecular formula is C14H12O4. The summed E-state index contributed by atoms with van der Waals surface area (Å²) in [6, 6.07) is 15.4. The standard InChI is InChI=1S/C14H12O4/c1-16-11-7-9-13(10-8-11)18-14(15)17-12-5-3-2-4-6-12/h2-10H,1H3. The maximum absolute atomic E-state index is 11.5. The predicted molar refractivity (Wildman–Crippen MR) is 66.1 cm³/mol. The van der Waals surface area contributed by atoms with Gasteiger partial charge in [-0.15, -0.1) is 0 Å². The first-order valence-corrected chi connectivity index (χ1v) is 5.37. The first-order chi connectivity index (χ1) is 8.78. The van der Waals surface area contributed by atoms with Gasteiger partial charge in [-0.25, -0.2) is 4.79 Å². The van der Waals surface area contributed by atoms with Crippen molar-refractivity contribution in [2.45, 2.75) is 0 Å². The second-order valence-electron chi connectivity index (χ2n) is 3.44. The second kappa shape index (κ2) is 5.72. The van der Waals surface area contributed by atoms with E-state index in [-0.39, 0.29) is 0 Å². The third-order valence-corrected chi connectivity index (χ3v) is 2.21. The van der Waals surface area contributed by atoms with Crippen LogP contribution in [0.15, 0.2) is 54.6 Å². The van der Waals surface area contributed by atoms with Crippen molar-refractivity contribution in [3.8, 4) is 17.2 Å². The van der Waals surface area contributed by atoms with Gasteiger partial charge in [0.1, 0.15) is 17.2 Å². The number of para-hydroxylation sites is 1. The van der Waals surface area contributed by atoms with Crippen molar-refractivity contribution < 1.29 is 19.0 Å². The summed E-state index contributed by atoms with van der Waals surface area (Å²) in [6.45, 7) is 0. The number of rotatable bonds is 3. The molecule has 0 aliphatic rings. The van der Waals surface area contributed by atoms with Crippen LogP contribution in [0.3, 0.4) is 0 Å². The van der Waals surface area contributed by atoms with Crippen molar-refractivity contribution in [1.29, 1.82) is 0 Å². The minimum atomic E-state index is -0.772. The predicted octanol–water partition coefficient (Wildman–Crippen LogP) is 3.27. The van der Waals surface area contributed by atoms with E-state index >= 15 is 0 Å². The van der Waals surface area contributed by atoms with Gasteiger partial charge in [0.15, 0.2) is 0 Å². The van der Waals surface area contributed by atoms with Crippen molar-refractivity contribution in [3.05, 3.63) is 54.6 Å². The van der Waals surface area contributed by atoms with Gasteiger partial charge in [-0.2, -0.15) is 0 Å². The van der Waals surface area contributed by atoms with E-state index in [1.165, 1.54) is 0 Å². The lowest BCUT2D eigenvalue weighted by atomic mass is 10.3. The molecule has 0 N–H and O–H groups in total. The van der Waals surface area contributed by atoms with Gasteiger partial charge in [-0.1, -0.05) is 18.2 Å². The van der Waals surface area contributed by atoms with E-state index in [0.29, 0.717) is 17.2 Å². The molecule has 0 unspecified atom stereocenters. The Morgan fingerprint density at radius 2 is 1.28 bits per heavy atom. The number of benzene rings is 2. The van der Waals surface area contributed by atoms with Gasteiger partial charge in [-0.3, -0.25) is 0 Å². The van der Waals surface area contributed by atoms with Crippen LogP contribution in [-0.4, -0.2) is 13.3 Å². The minimum Gasteiger partial charge on any atom is -0.497 e. The van der Waals surface area contributed by atoms with E-state index in [9.17, 15) is 4.79 Å². The van der Waals surface area contributed by atoms with Crippen molar-refractivity contribution in [1.82, 2.24) is 0 Å². The average Bonchev–Trinajstić information content (AvgIpc) is 2.40. The van der Waals surface area contributed by atoms with E-state index in [2.05, 4.69) is 0 Å². The SMILES string of the molecule is COc1ccc(OC(=O)Oc2ccccc2)cc1. The van der Waals surface area contributed by atoms with Crippen LogP contribution in [0, 0.1) is 0 Å². The zero-order valence-electron chi connectivity index (χ0n) is 9.83. The first kappa shape index (κ1) is 12.0. The normalized spacial score (nSPS) is 9.61. The Hall–Kier alpha value is -2.49. The molecule has 0 saturated heterocycles. The van der Waals surface area contributed by atoms with Crippen LogP contribution < -0.4 is 14.2 Å². The topological polar surface area (TPSA) is 44.8 Å². The largest absolute Gasteiger partial charge is 0.519 e. The molecule has 0 heterocycles. The number of carbonyl (C=O) groups excluding carboxylic acids is 1. The van der Waals surface area contributed by atoms with E-state index in [1.54, 1.807) is 55.6 Å². The molecule has 2 rings (SSSR count). The summed E-state index contributed by atoms with van der Waals surface area (Å²) < 4.78 is 15.0. The molecule has 18 heavy (non-hydrogen) atoms. The van der Waals surface area contributed by atoms with Crippen molar-refractivity contribution >= 4 is 6.16 Å². The number of methoxy groups -OCH3 is 1. The van der Waals surface area contributed by atoms with Crippen LogP contribution in [0.4, 0.5) is 4.79 Å². The summed E-state index contributed by atoms with van der Waals surface area (Å²) in [4.78, 5) is 11.5. The molecule has 0 atom stereocenters. The molecule has 0 amide bonds. The van der Waals surface area contributed by atoms with Gasteiger partial charge >= 0.3 is 6.16 Å². The van der Waals surface area contributed by atoms with Crippen LogP contribution >= 0.6 is 0 Å². The smallest absolute Gasteiger partial charge is 0.497 e. The molecule has 92 valence electrons. The van der Waals surface area contributed by atoms with E-state index in [4.69, 9.17) is 14.2 Å². The monoisotopic (exact) mass is 244 g/mol. The van der Waals surface area contributed by atoms with Crippen LogP contribution in [-0.2, 0) is 0 Å². The molecule has 0 bridgehead atoms.